The highest BCUT2D eigenvalue weighted by Gasteiger charge is 2.45. The number of halogens is 3. The van der Waals surface area contributed by atoms with E-state index in [2.05, 4.69) is 15.6 Å². The maximum Gasteiger partial charge on any atom is 0.391 e. The molecule has 3 aromatic rings. The summed E-state index contributed by atoms with van der Waals surface area (Å²) in [5.41, 5.74) is 2.66. The van der Waals surface area contributed by atoms with Crippen LogP contribution in [-0.4, -0.2) is 156 Å². The molecular formula is C51H62F3N5O13. The third kappa shape index (κ3) is 16.4. The highest BCUT2D eigenvalue weighted by molar-refractivity contribution is 6.23. The van der Waals surface area contributed by atoms with Gasteiger partial charge >= 0.3 is 6.18 Å². The first kappa shape index (κ1) is 55.1. The lowest BCUT2D eigenvalue weighted by Gasteiger charge is -2.28. The largest absolute Gasteiger partial charge is 0.495 e. The number of imide groups is 2. The lowest BCUT2D eigenvalue weighted by Crippen LogP contribution is -2.54. The van der Waals surface area contributed by atoms with Crippen LogP contribution in [0.15, 0.2) is 60.8 Å². The minimum atomic E-state index is -4.16. The molecular weight excluding hydrogens is 948 g/mol. The number of hydrogen-bond donors (Lipinski definition) is 2. The maximum absolute atomic E-state index is 13.1. The van der Waals surface area contributed by atoms with Crippen molar-refractivity contribution in [3.8, 4) is 11.5 Å². The van der Waals surface area contributed by atoms with Crippen LogP contribution in [0, 0.1) is 11.8 Å². The molecule has 2 aliphatic heterocycles. The monoisotopic (exact) mass is 1010 g/mol. The number of alkyl halides is 3. The van der Waals surface area contributed by atoms with E-state index in [1.165, 1.54) is 25.4 Å². The number of benzene rings is 2. The molecule has 390 valence electrons. The minimum absolute atomic E-state index is 0.00381. The molecule has 3 aliphatic rings. The van der Waals surface area contributed by atoms with Crippen molar-refractivity contribution in [2.45, 2.75) is 63.7 Å². The topological polar surface area (TPSA) is 210 Å². The molecule has 6 amide bonds. The number of aromatic nitrogens is 1. The first-order valence-electron chi connectivity index (χ1n) is 24.0. The molecule has 72 heavy (non-hydrogen) atoms. The second-order valence-electron chi connectivity index (χ2n) is 17.4. The normalized spacial score (nSPS) is 18.1. The van der Waals surface area contributed by atoms with E-state index in [-0.39, 0.29) is 80.5 Å². The van der Waals surface area contributed by atoms with Crippen molar-refractivity contribution in [3.63, 3.8) is 0 Å². The van der Waals surface area contributed by atoms with E-state index in [0.29, 0.717) is 95.9 Å². The van der Waals surface area contributed by atoms with Gasteiger partial charge < -0.3 is 43.4 Å². The summed E-state index contributed by atoms with van der Waals surface area (Å²) < 4.78 is 78.1. The van der Waals surface area contributed by atoms with Gasteiger partial charge in [0.25, 0.3) is 17.7 Å². The molecule has 1 saturated heterocycles. The Balaban J connectivity index is 0.743. The minimum Gasteiger partial charge on any atom is -0.495 e. The number of nitrogens with zero attached hydrogens (tertiary/aromatic N) is 3. The van der Waals surface area contributed by atoms with Gasteiger partial charge in [-0.1, -0.05) is 36.4 Å². The number of ether oxygens (including phenoxy) is 7. The molecule has 0 bridgehead atoms. The zero-order valence-corrected chi connectivity index (χ0v) is 40.5. The summed E-state index contributed by atoms with van der Waals surface area (Å²) in [5.74, 6) is -3.24. The molecule has 2 aromatic carbocycles. The number of fused-ring (bicyclic) bond motifs is 1. The number of allylic oxidation sites excluding steroid dienone is 1. The summed E-state index contributed by atoms with van der Waals surface area (Å²) in [6.07, 6.45) is 2.30. The van der Waals surface area contributed by atoms with E-state index < -0.39 is 47.7 Å². The molecule has 1 aliphatic carbocycles. The Kier molecular flexibility index (Phi) is 21.1. The van der Waals surface area contributed by atoms with Gasteiger partial charge in [-0.15, -0.1) is 0 Å². The second kappa shape index (κ2) is 27.5. The third-order valence-corrected chi connectivity index (χ3v) is 12.3. The third-order valence-electron chi connectivity index (χ3n) is 12.3. The average Bonchev–Trinajstić information content (AvgIpc) is 3.61. The number of carbonyl (C=O) groups excluding carboxylic acids is 6. The van der Waals surface area contributed by atoms with E-state index in [1.807, 2.05) is 30.3 Å². The van der Waals surface area contributed by atoms with Crippen LogP contribution in [0.25, 0.3) is 6.08 Å². The molecule has 6 rings (SSSR count). The molecule has 0 radical (unpaired) electrons. The van der Waals surface area contributed by atoms with E-state index in [4.69, 9.17) is 33.2 Å². The Morgan fingerprint density at radius 3 is 2.06 bits per heavy atom. The van der Waals surface area contributed by atoms with Crippen LogP contribution in [0.2, 0.25) is 0 Å². The van der Waals surface area contributed by atoms with Crippen LogP contribution in [0.4, 0.5) is 13.2 Å². The number of nitrogens with one attached hydrogen (secondary N) is 2. The van der Waals surface area contributed by atoms with Crippen molar-refractivity contribution in [1.29, 1.82) is 0 Å². The standard InChI is InChI=1S/C51H62F3N5O13/c1-58(46(61)29-35-4-3-5-36(28-35)32-56-47(62)42-30-37(44(66-2)33-55-42)9-6-34-7-10-38(11-8-34)51(52,53)54)16-17-67-18-19-68-20-21-69-22-23-70-24-25-71-26-27-72-39-12-13-40-41(31-39)50(65)59(49(40)64)43-14-15-45(60)57-48(43)63/h3-6,9,12-13,28,30-31,33-34,38,43H,7-8,10-11,14-27,29,32H2,1-2H3,(H,56,62)(H,57,60,63)/b9-6+. The summed E-state index contributed by atoms with van der Waals surface area (Å²) in [7, 11) is 3.19. The predicted molar refractivity (Wildman–Crippen MR) is 253 cm³/mol. The number of amides is 6. The van der Waals surface area contributed by atoms with Crippen molar-refractivity contribution in [2.24, 2.45) is 11.8 Å². The van der Waals surface area contributed by atoms with Crippen LogP contribution >= 0.6 is 0 Å². The molecule has 1 aromatic heterocycles. The molecule has 1 saturated carbocycles. The van der Waals surface area contributed by atoms with Gasteiger partial charge in [0.05, 0.1) is 103 Å². The van der Waals surface area contributed by atoms with Gasteiger partial charge in [-0.3, -0.25) is 39.0 Å². The molecule has 21 heteroatoms. The molecule has 2 N–H and O–H groups in total. The lowest BCUT2D eigenvalue weighted by molar-refractivity contribution is -0.183. The fourth-order valence-corrected chi connectivity index (χ4v) is 8.26. The fraction of sp³-hybridized carbons (Fsp3) is 0.510. The molecule has 18 nitrogen and oxygen atoms in total. The summed E-state index contributed by atoms with van der Waals surface area (Å²) in [5, 5.41) is 5.04. The summed E-state index contributed by atoms with van der Waals surface area (Å²) >= 11 is 0. The molecule has 1 unspecified atom stereocenters. The molecule has 1 atom stereocenters. The van der Waals surface area contributed by atoms with E-state index >= 15 is 0 Å². The van der Waals surface area contributed by atoms with Gasteiger partial charge in [-0.05, 0) is 73.4 Å². The van der Waals surface area contributed by atoms with E-state index in [1.54, 1.807) is 30.2 Å². The maximum atomic E-state index is 13.1. The number of hydrogen-bond acceptors (Lipinski definition) is 14. The smallest absolute Gasteiger partial charge is 0.391 e. The summed E-state index contributed by atoms with van der Waals surface area (Å²) in [6, 6.07) is 12.4. The highest BCUT2D eigenvalue weighted by atomic mass is 19.4. The number of rotatable bonds is 28. The number of piperidine rings is 1. The Labute approximate surface area is 415 Å². The Hall–Kier alpha value is -6.26. The zero-order valence-electron chi connectivity index (χ0n) is 40.5. The van der Waals surface area contributed by atoms with Crippen LogP contribution in [0.1, 0.15) is 86.4 Å². The van der Waals surface area contributed by atoms with Crippen LogP contribution in [0.3, 0.4) is 0 Å². The van der Waals surface area contributed by atoms with Crippen molar-refractivity contribution in [1.82, 2.24) is 25.4 Å². The number of pyridine rings is 1. The molecule has 3 heterocycles. The van der Waals surface area contributed by atoms with Crippen LogP contribution < -0.4 is 20.1 Å². The van der Waals surface area contributed by atoms with E-state index in [9.17, 15) is 41.9 Å². The van der Waals surface area contributed by atoms with Crippen LogP contribution in [-0.2, 0) is 51.0 Å². The fourth-order valence-electron chi connectivity index (χ4n) is 8.26. The van der Waals surface area contributed by atoms with Gasteiger partial charge in [-0.2, -0.15) is 13.2 Å². The SMILES string of the molecule is COc1cnc(C(=O)NCc2cccc(CC(=O)N(C)CCOCCOCCOCCOCCOCCOc3ccc4c(c3)C(=O)N(C3CCC(=O)NC3=O)C4=O)c2)cc1/C=C/C1CCC(C(F)(F)F)CC1. The Bertz CT molecular complexity index is 2380. The van der Waals surface area contributed by atoms with Crippen molar-refractivity contribution >= 4 is 41.5 Å². The summed E-state index contributed by atoms with van der Waals surface area (Å²) in [6.45, 7) is 4.24. The van der Waals surface area contributed by atoms with Crippen LogP contribution in [0.5, 0.6) is 11.5 Å². The first-order valence-corrected chi connectivity index (χ1v) is 24.0. The number of carbonyl (C=O) groups is 6. The second-order valence-corrected chi connectivity index (χ2v) is 17.4. The Morgan fingerprint density at radius 2 is 1.42 bits per heavy atom. The van der Waals surface area contributed by atoms with E-state index in [0.717, 1.165) is 16.0 Å². The van der Waals surface area contributed by atoms with Gasteiger partial charge in [0.1, 0.15) is 29.8 Å². The average molecular weight is 1010 g/mol. The van der Waals surface area contributed by atoms with Gasteiger partial charge in [0, 0.05) is 32.1 Å². The van der Waals surface area contributed by atoms with Crippen molar-refractivity contribution < 1.29 is 75.1 Å². The molecule has 2 fully saturated rings. The van der Waals surface area contributed by atoms with Gasteiger partial charge in [0.2, 0.25) is 17.7 Å². The lowest BCUT2D eigenvalue weighted by atomic mass is 9.81. The van der Waals surface area contributed by atoms with Gasteiger partial charge in [0.15, 0.2) is 0 Å². The number of likely N-dealkylation sites (N-methyl/N-ethyl adjacent to an activating group) is 1. The van der Waals surface area contributed by atoms with Crippen molar-refractivity contribution in [2.75, 3.05) is 93.4 Å². The zero-order chi connectivity index (χ0) is 51.5. The van der Waals surface area contributed by atoms with Gasteiger partial charge in [-0.25, -0.2) is 4.98 Å². The predicted octanol–water partition coefficient (Wildman–Crippen LogP) is 4.97. The first-order chi connectivity index (χ1) is 34.7. The Morgan fingerprint density at radius 1 is 0.792 bits per heavy atom. The quantitative estimate of drug-likeness (QED) is 0.0728. The van der Waals surface area contributed by atoms with Crippen molar-refractivity contribution in [3.05, 3.63) is 94.3 Å². The number of methoxy groups -OCH3 is 1. The summed E-state index contributed by atoms with van der Waals surface area (Å²) in [4.78, 5) is 82.4. The highest BCUT2D eigenvalue weighted by Crippen LogP contribution is 2.40. The molecule has 0 spiro atoms.